The molecule has 1 atom stereocenters. The number of carbonyl (C=O) groups is 2. The first kappa shape index (κ1) is 22.6. The van der Waals surface area contributed by atoms with Gasteiger partial charge in [-0.05, 0) is 43.7 Å². The van der Waals surface area contributed by atoms with Crippen LogP contribution in [-0.4, -0.2) is 29.0 Å². The lowest BCUT2D eigenvalue weighted by molar-refractivity contribution is -0.149. The van der Waals surface area contributed by atoms with Crippen LogP contribution in [0.1, 0.15) is 47.7 Å². The third-order valence-electron chi connectivity index (χ3n) is 4.55. The van der Waals surface area contributed by atoms with Crippen LogP contribution in [0.4, 0.5) is 4.39 Å². The maximum absolute atomic E-state index is 13.8. The Morgan fingerprint density at radius 3 is 2.68 bits per heavy atom. The Labute approximate surface area is 186 Å². The van der Waals surface area contributed by atoms with E-state index in [-0.39, 0.29) is 36.2 Å². The highest BCUT2D eigenvalue weighted by Crippen LogP contribution is 2.26. The first-order chi connectivity index (χ1) is 14.8. The third-order valence-corrected chi connectivity index (χ3v) is 5.04. The second-order valence-electron chi connectivity index (χ2n) is 6.82. The van der Waals surface area contributed by atoms with E-state index >= 15 is 0 Å². The molecular formula is C22H20BrFN2O5. The highest BCUT2D eigenvalue weighted by Gasteiger charge is 2.21. The fraction of sp³-hybridized carbons (Fsp3) is 0.273. The van der Waals surface area contributed by atoms with Crippen molar-refractivity contribution in [2.45, 2.75) is 32.8 Å². The minimum atomic E-state index is -0.820. The molecule has 0 fully saturated rings. The van der Waals surface area contributed by atoms with Crippen molar-refractivity contribution in [1.82, 2.24) is 10.1 Å². The molecule has 2 aromatic carbocycles. The standard InChI is InChI=1S/C22H20BrFN2O5/c1-12-4-5-14(10-17(12)24)21-25-22(31-26-21)13(2)30-20(28)9-7-18(27)16-11-15(23)6-8-19(16)29-3/h4-6,8,10-11,13H,7,9H2,1-3H3. The first-order valence-corrected chi connectivity index (χ1v) is 10.2. The van der Waals surface area contributed by atoms with Crippen molar-refractivity contribution in [2.24, 2.45) is 0 Å². The molecule has 31 heavy (non-hydrogen) atoms. The van der Waals surface area contributed by atoms with Gasteiger partial charge in [0.05, 0.1) is 19.1 Å². The molecule has 0 N–H and O–H groups in total. The monoisotopic (exact) mass is 490 g/mol. The average molecular weight is 491 g/mol. The van der Waals surface area contributed by atoms with Crippen LogP contribution >= 0.6 is 15.9 Å². The fourth-order valence-corrected chi connectivity index (χ4v) is 3.17. The molecule has 0 aliphatic carbocycles. The minimum absolute atomic E-state index is 0.0455. The molecule has 1 aromatic heterocycles. The number of esters is 1. The number of aromatic nitrogens is 2. The van der Waals surface area contributed by atoms with E-state index in [1.165, 1.54) is 13.2 Å². The maximum Gasteiger partial charge on any atom is 0.307 e. The van der Waals surface area contributed by atoms with Gasteiger partial charge in [-0.15, -0.1) is 0 Å². The zero-order valence-electron chi connectivity index (χ0n) is 17.1. The van der Waals surface area contributed by atoms with Crippen LogP contribution in [0, 0.1) is 12.7 Å². The largest absolute Gasteiger partial charge is 0.496 e. The second kappa shape index (κ2) is 9.82. The number of ether oxygens (including phenoxy) is 2. The third kappa shape index (κ3) is 5.55. The van der Waals surface area contributed by atoms with Crippen LogP contribution in [0.3, 0.4) is 0 Å². The Morgan fingerprint density at radius 1 is 1.19 bits per heavy atom. The van der Waals surface area contributed by atoms with Gasteiger partial charge in [0.25, 0.3) is 5.89 Å². The molecular weight excluding hydrogens is 471 g/mol. The summed E-state index contributed by atoms with van der Waals surface area (Å²) in [6.07, 6.45) is -0.987. The van der Waals surface area contributed by atoms with Crippen LogP contribution in [0.2, 0.25) is 0 Å². The highest BCUT2D eigenvalue weighted by molar-refractivity contribution is 9.10. The molecule has 3 rings (SSSR count). The van der Waals surface area contributed by atoms with E-state index < -0.39 is 12.1 Å². The smallest absolute Gasteiger partial charge is 0.307 e. The van der Waals surface area contributed by atoms with Gasteiger partial charge in [0.2, 0.25) is 5.82 Å². The highest BCUT2D eigenvalue weighted by atomic mass is 79.9. The summed E-state index contributed by atoms with van der Waals surface area (Å²) in [5.74, 6) is -0.519. The van der Waals surface area contributed by atoms with Gasteiger partial charge in [-0.1, -0.05) is 33.2 Å². The van der Waals surface area contributed by atoms with Crippen LogP contribution in [0.25, 0.3) is 11.4 Å². The molecule has 0 aliphatic heterocycles. The number of nitrogens with zero attached hydrogens (tertiary/aromatic N) is 2. The van der Waals surface area contributed by atoms with E-state index in [0.29, 0.717) is 22.4 Å². The first-order valence-electron chi connectivity index (χ1n) is 9.45. The van der Waals surface area contributed by atoms with Gasteiger partial charge in [0.15, 0.2) is 11.9 Å². The van der Waals surface area contributed by atoms with Gasteiger partial charge in [-0.3, -0.25) is 9.59 Å². The number of hydrogen-bond acceptors (Lipinski definition) is 7. The van der Waals surface area contributed by atoms with E-state index in [0.717, 1.165) is 4.47 Å². The van der Waals surface area contributed by atoms with Crippen LogP contribution < -0.4 is 4.74 Å². The number of rotatable bonds is 8. The van der Waals surface area contributed by atoms with Crippen molar-refractivity contribution >= 4 is 27.7 Å². The molecule has 1 heterocycles. The summed E-state index contributed by atoms with van der Waals surface area (Å²) in [6.45, 7) is 3.23. The number of aryl methyl sites for hydroxylation is 1. The van der Waals surface area contributed by atoms with E-state index in [1.807, 2.05) is 0 Å². The summed E-state index contributed by atoms with van der Waals surface area (Å²) >= 11 is 3.32. The number of Topliss-reactive ketones (excluding diaryl/α,β-unsaturated/α-hetero) is 1. The zero-order valence-corrected chi connectivity index (χ0v) is 18.7. The Balaban J connectivity index is 1.59. The molecule has 0 saturated carbocycles. The SMILES string of the molecule is COc1ccc(Br)cc1C(=O)CCC(=O)OC(C)c1nc(-c2ccc(C)c(F)c2)no1. The Morgan fingerprint density at radius 2 is 1.97 bits per heavy atom. The second-order valence-corrected chi connectivity index (χ2v) is 7.74. The van der Waals surface area contributed by atoms with E-state index in [2.05, 4.69) is 26.1 Å². The summed E-state index contributed by atoms with van der Waals surface area (Å²) < 4.78 is 30.1. The number of hydrogen-bond donors (Lipinski definition) is 0. The van der Waals surface area contributed by atoms with E-state index in [4.69, 9.17) is 14.0 Å². The number of benzene rings is 2. The quantitative estimate of drug-likeness (QED) is 0.315. The molecule has 0 radical (unpaired) electrons. The fourth-order valence-electron chi connectivity index (χ4n) is 2.80. The number of methoxy groups -OCH3 is 1. The van der Waals surface area contributed by atoms with Gasteiger partial charge in [0.1, 0.15) is 11.6 Å². The lowest BCUT2D eigenvalue weighted by Gasteiger charge is -2.10. The van der Waals surface area contributed by atoms with Gasteiger partial charge in [-0.25, -0.2) is 4.39 Å². The number of ketones is 1. The summed E-state index contributed by atoms with van der Waals surface area (Å²) in [5.41, 5.74) is 1.33. The molecule has 0 amide bonds. The summed E-state index contributed by atoms with van der Waals surface area (Å²) in [4.78, 5) is 28.8. The summed E-state index contributed by atoms with van der Waals surface area (Å²) in [6, 6.07) is 9.67. The van der Waals surface area contributed by atoms with Gasteiger partial charge in [-0.2, -0.15) is 4.98 Å². The molecule has 162 valence electrons. The molecule has 0 bridgehead atoms. The lowest BCUT2D eigenvalue weighted by Crippen LogP contribution is -2.12. The minimum Gasteiger partial charge on any atom is -0.496 e. The molecule has 9 heteroatoms. The zero-order chi connectivity index (χ0) is 22.5. The average Bonchev–Trinajstić information content (AvgIpc) is 3.24. The Bertz CT molecular complexity index is 1120. The predicted molar refractivity (Wildman–Crippen MR) is 113 cm³/mol. The van der Waals surface area contributed by atoms with E-state index in [9.17, 15) is 14.0 Å². The van der Waals surface area contributed by atoms with Crippen LogP contribution in [-0.2, 0) is 9.53 Å². The van der Waals surface area contributed by atoms with Crippen molar-refractivity contribution in [3.05, 3.63) is 63.7 Å². The molecule has 1 unspecified atom stereocenters. The molecule has 0 saturated heterocycles. The number of halogens is 2. The maximum atomic E-state index is 13.8. The molecule has 0 aliphatic rings. The summed E-state index contributed by atoms with van der Waals surface area (Å²) in [7, 11) is 1.47. The van der Waals surface area contributed by atoms with Crippen molar-refractivity contribution in [3.8, 4) is 17.1 Å². The Kier molecular flexibility index (Phi) is 7.17. The van der Waals surface area contributed by atoms with Crippen molar-refractivity contribution in [3.63, 3.8) is 0 Å². The van der Waals surface area contributed by atoms with E-state index in [1.54, 1.807) is 44.2 Å². The molecule has 0 spiro atoms. The number of carbonyl (C=O) groups excluding carboxylic acids is 2. The van der Waals surface area contributed by atoms with Gasteiger partial charge in [0, 0.05) is 16.5 Å². The topological polar surface area (TPSA) is 91.5 Å². The normalized spacial score (nSPS) is 11.8. The molecule has 7 nitrogen and oxygen atoms in total. The summed E-state index contributed by atoms with van der Waals surface area (Å²) in [5, 5.41) is 3.81. The molecule has 3 aromatic rings. The van der Waals surface area contributed by atoms with Gasteiger partial charge >= 0.3 is 5.97 Å². The van der Waals surface area contributed by atoms with Crippen LogP contribution in [0.5, 0.6) is 5.75 Å². The predicted octanol–water partition coefficient (Wildman–Crippen LogP) is 5.22. The van der Waals surface area contributed by atoms with Crippen molar-refractivity contribution in [2.75, 3.05) is 7.11 Å². The van der Waals surface area contributed by atoms with Gasteiger partial charge < -0.3 is 14.0 Å². The van der Waals surface area contributed by atoms with Crippen molar-refractivity contribution < 1.29 is 28.0 Å². The Hall–Kier alpha value is -3.07. The lowest BCUT2D eigenvalue weighted by atomic mass is 10.1. The van der Waals surface area contributed by atoms with Crippen molar-refractivity contribution in [1.29, 1.82) is 0 Å². The van der Waals surface area contributed by atoms with Crippen LogP contribution in [0.15, 0.2) is 45.4 Å².